The molecule has 0 radical (unpaired) electrons. The average molecular weight is 305 g/mol. The molecule has 0 spiro atoms. The SMILES string of the molecule is CCc1cc(C(=O)NC(C)c2nc(C)cs2)cc(NN)n1. The largest absolute Gasteiger partial charge is 0.343 e. The molecule has 21 heavy (non-hydrogen) atoms. The van der Waals surface area contributed by atoms with Crippen LogP contribution in [0, 0.1) is 6.92 Å². The van der Waals surface area contributed by atoms with Crippen LogP contribution in [0.2, 0.25) is 0 Å². The maximum Gasteiger partial charge on any atom is 0.252 e. The topological polar surface area (TPSA) is 92.9 Å². The van der Waals surface area contributed by atoms with Gasteiger partial charge >= 0.3 is 0 Å². The van der Waals surface area contributed by atoms with Crippen LogP contribution in [0.15, 0.2) is 17.5 Å². The standard InChI is InChI=1S/C14H19N5OS/c1-4-11-5-10(6-12(18-11)19-15)13(20)17-9(3)14-16-8(2)7-21-14/h5-7,9H,4,15H2,1-3H3,(H,17,20)(H,18,19). The fraction of sp³-hybridized carbons (Fsp3) is 0.357. The molecule has 112 valence electrons. The summed E-state index contributed by atoms with van der Waals surface area (Å²) in [5.41, 5.74) is 4.80. The summed E-state index contributed by atoms with van der Waals surface area (Å²) >= 11 is 1.54. The van der Waals surface area contributed by atoms with Crippen LogP contribution in [0.3, 0.4) is 0 Å². The van der Waals surface area contributed by atoms with Crippen LogP contribution < -0.4 is 16.6 Å². The number of nitrogen functional groups attached to an aromatic ring is 1. The summed E-state index contributed by atoms with van der Waals surface area (Å²) in [6.07, 6.45) is 0.733. The first kappa shape index (κ1) is 15.4. The van der Waals surface area contributed by atoms with Gasteiger partial charge in [-0.15, -0.1) is 11.3 Å². The number of nitrogens with zero attached hydrogens (tertiary/aromatic N) is 2. The maximum absolute atomic E-state index is 12.3. The number of aromatic nitrogens is 2. The lowest BCUT2D eigenvalue weighted by molar-refractivity contribution is 0.0939. The Bertz CT molecular complexity index is 618. The molecule has 0 aliphatic carbocycles. The molecule has 0 fully saturated rings. The zero-order valence-corrected chi connectivity index (χ0v) is 13.1. The molecule has 1 atom stereocenters. The minimum absolute atomic E-state index is 0.135. The number of hydrogen-bond donors (Lipinski definition) is 3. The molecular formula is C14H19N5OS. The molecule has 0 aliphatic heterocycles. The van der Waals surface area contributed by atoms with Gasteiger partial charge in [0.25, 0.3) is 5.91 Å². The molecule has 7 heteroatoms. The maximum atomic E-state index is 12.3. The van der Waals surface area contributed by atoms with Crippen molar-refractivity contribution in [2.75, 3.05) is 5.43 Å². The first-order chi connectivity index (χ1) is 10.0. The van der Waals surface area contributed by atoms with Crippen molar-refractivity contribution in [3.05, 3.63) is 39.5 Å². The lowest BCUT2D eigenvalue weighted by Gasteiger charge is -2.12. The molecule has 1 amide bonds. The highest BCUT2D eigenvalue weighted by Crippen LogP contribution is 2.18. The Kier molecular flexibility index (Phi) is 4.87. The van der Waals surface area contributed by atoms with Crippen molar-refractivity contribution in [1.82, 2.24) is 15.3 Å². The zero-order chi connectivity index (χ0) is 15.4. The van der Waals surface area contributed by atoms with Crippen LogP contribution in [-0.4, -0.2) is 15.9 Å². The Labute approximate surface area is 127 Å². The number of nitrogens with two attached hydrogens (primary N) is 1. The van der Waals surface area contributed by atoms with Gasteiger partial charge in [-0.05, 0) is 32.4 Å². The van der Waals surface area contributed by atoms with E-state index in [9.17, 15) is 4.79 Å². The van der Waals surface area contributed by atoms with E-state index in [2.05, 4.69) is 20.7 Å². The van der Waals surface area contributed by atoms with Gasteiger partial charge in [-0.2, -0.15) is 0 Å². The Balaban J connectivity index is 2.16. The fourth-order valence-corrected chi connectivity index (χ4v) is 2.69. The lowest BCUT2D eigenvalue weighted by atomic mass is 10.1. The van der Waals surface area contributed by atoms with Gasteiger partial charge < -0.3 is 10.7 Å². The van der Waals surface area contributed by atoms with Crippen LogP contribution in [0.25, 0.3) is 0 Å². The van der Waals surface area contributed by atoms with Crippen molar-refractivity contribution >= 4 is 23.1 Å². The van der Waals surface area contributed by atoms with Crippen LogP contribution in [0.1, 0.15) is 46.6 Å². The summed E-state index contributed by atoms with van der Waals surface area (Å²) in [4.78, 5) is 21.0. The summed E-state index contributed by atoms with van der Waals surface area (Å²) in [6.45, 7) is 5.83. The van der Waals surface area contributed by atoms with E-state index in [4.69, 9.17) is 5.84 Å². The van der Waals surface area contributed by atoms with Gasteiger partial charge in [0.15, 0.2) is 0 Å². The van der Waals surface area contributed by atoms with E-state index in [1.165, 1.54) is 11.3 Å². The quantitative estimate of drug-likeness (QED) is 0.581. The average Bonchev–Trinajstić information content (AvgIpc) is 2.93. The smallest absolute Gasteiger partial charge is 0.252 e. The first-order valence-corrected chi connectivity index (χ1v) is 7.62. The van der Waals surface area contributed by atoms with Crippen LogP contribution in [0.5, 0.6) is 0 Å². The second-order valence-electron chi connectivity index (χ2n) is 4.75. The number of carbonyl (C=O) groups is 1. The van der Waals surface area contributed by atoms with E-state index in [0.29, 0.717) is 11.4 Å². The second kappa shape index (κ2) is 6.64. The van der Waals surface area contributed by atoms with Gasteiger partial charge in [0, 0.05) is 22.3 Å². The van der Waals surface area contributed by atoms with Crippen LogP contribution in [0.4, 0.5) is 5.82 Å². The van der Waals surface area contributed by atoms with Crippen molar-refractivity contribution < 1.29 is 4.79 Å². The summed E-state index contributed by atoms with van der Waals surface area (Å²) in [6, 6.07) is 3.27. The molecule has 0 bridgehead atoms. The number of aryl methyl sites for hydroxylation is 2. The third-order valence-electron chi connectivity index (χ3n) is 3.01. The second-order valence-corrected chi connectivity index (χ2v) is 5.64. The van der Waals surface area contributed by atoms with Crippen molar-refractivity contribution in [2.24, 2.45) is 5.84 Å². The van der Waals surface area contributed by atoms with Gasteiger partial charge in [0.2, 0.25) is 0 Å². The Morgan fingerprint density at radius 3 is 2.76 bits per heavy atom. The number of thiazole rings is 1. The van der Waals surface area contributed by atoms with E-state index in [-0.39, 0.29) is 11.9 Å². The summed E-state index contributed by atoms with van der Waals surface area (Å²) in [5.74, 6) is 5.71. The lowest BCUT2D eigenvalue weighted by Crippen LogP contribution is -2.27. The van der Waals surface area contributed by atoms with E-state index >= 15 is 0 Å². The van der Waals surface area contributed by atoms with Crippen molar-refractivity contribution in [2.45, 2.75) is 33.2 Å². The molecule has 6 nitrogen and oxygen atoms in total. The molecule has 2 rings (SSSR count). The zero-order valence-electron chi connectivity index (χ0n) is 12.3. The first-order valence-electron chi connectivity index (χ1n) is 6.74. The van der Waals surface area contributed by atoms with Gasteiger partial charge in [0.05, 0.1) is 6.04 Å². The molecule has 2 aromatic heterocycles. The normalized spacial score (nSPS) is 12.0. The van der Waals surface area contributed by atoms with Gasteiger partial charge in [0.1, 0.15) is 10.8 Å². The fourth-order valence-electron chi connectivity index (χ4n) is 1.89. The number of nitrogens with one attached hydrogen (secondary N) is 2. The Morgan fingerprint density at radius 1 is 1.43 bits per heavy atom. The molecule has 2 heterocycles. The van der Waals surface area contributed by atoms with Crippen molar-refractivity contribution in [3.8, 4) is 0 Å². The minimum atomic E-state index is -0.163. The number of hydrazine groups is 1. The highest BCUT2D eigenvalue weighted by molar-refractivity contribution is 7.09. The number of hydrogen-bond acceptors (Lipinski definition) is 6. The summed E-state index contributed by atoms with van der Waals surface area (Å²) < 4.78 is 0. The Morgan fingerprint density at radius 2 is 2.19 bits per heavy atom. The van der Waals surface area contributed by atoms with E-state index in [1.54, 1.807) is 12.1 Å². The molecule has 0 aromatic carbocycles. The number of rotatable bonds is 5. The molecule has 1 unspecified atom stereocenters. The van der Waals surface area contributed by atoms with E-state index in [0.717, 1.165) is 22.8 Å². The van der Waals surface area contributed by atoms with Crippen molar-refractivity contribution in [3.63, 3.8) is 0 Å². The molecule has 0 aliphatic rings. The molecule has 4 N–H and O–H groups in total. The highest BCUT2D eigenvalue weighted by atomic mass is 32.1. The minimum Gasteiger partial charge on any atom is -0.343 e. The molecule has 0 saturated heterocycles. The van der Waals surface area contributed by atoms with Gasteiger partial charge in [-0.1, -0.05) is 6.92 Å². The van der Waals surface area contributed by atoms with E-state index in [1.807, 2.05) is 26.2 Å². The van der Waals surface area contributed by atoms with Gasteiger partial charge in [-0.25, -0.2) is 15.8 Å². The predicted octanol–water partition coefficient (Wildman–Crippen LogP) is 2.19. The summed E-state index contributed by atoms with van der Waals surface area (Å²) in [7, 11) is 0. The number of carbonyl (C=O) groups excluding carboxylic acids is 1. The molecule has 2 aromatic rings. The number of anilines is 1. The van der Waals surface area contributed by atoms with Crippen molar-refractivity contribution in [1.29, 1.82) is 0 Å². The molecular weight excluding hydrogens is 286 g/mol. The Hall–Kier alpha value is -1.99. The van der Waals surface area contributed by atoms with Crippen LogP contribution in [-0.2, 0) is 6.42 Å². The third kappa shape index (κ3) is 3.77. The third-order valence-corrected chi connectivity index (χ3v) is 4.15. The number of amides is 1. The monoisotopic (exact) mass is 305 g/mol. The number of pyridine rings is 1. The van der Waals surface area contributed by atoms with Crippen LogP contribution >= 0.6 is 11.3 Å². The van der Waals surface area contributed by atoms with Gasteiger partial charge in [-0.3, -0.25) is 4.79 Å². The molecule has 0 saturated carbocycles. The highest BCUT2D eigenvalue weighted by Gasteiger charge is 2.15. The summed E-state index contributed by atoms with van der Waals surface area (Å²) in [5, 5.41) is 5.80. The predicted molar refractivity (Wildman–Crippen MR) is 84.2 cm³/mol. The van der Waals surface area contributed by atoms with E-state index < -0.39 is 0 Å².